The van der Waals surface area contributed by atoms with Gasteiger partial charge in [0.15, 0.2) is 0 Å². The van der Waals surface area contributed by atoms with Crippen molar-refractivity contribution in [2.24, 2.45) is 0 Å². The highest BCUT2D eigenvalue weighted by atomic mass is 16.5. The minimum absolute atomic E-state index is 0.249. The van der Waals surface area contributed by atoms with E-state index in [1.165, 1.54) is 0 Å². The molecule has 3 N–H and O–H groups in total. The summed E-state index contributed by atoms with van der Waals surface area (Å²) in [7, 11) is 0. The lowest BCUT2D eigenvalue weighted by atomic mass is 10.1. The van der Waals surface area contributed by atoms with E-state index in [0.717, 1.165) is 40.9 Å². The Morgan fingerprint density at radius 1 is 1.24 bits per heavy atom. The maximum atomic E-state index is 5.88. The molecule has 0 saturated heterocycles. The van der Waals surface area contributed by atoms with Crippen molar-refractivity contribution in [1.29, 1.82) is 0 Å². The fourth-order valence-electron chi connectivity index (χ4n) is 2.20. The van der Waals surface area contributed by atoms with E-state index in [1.54, 1.807) is 12.4 Å². The Kier molecular flexibility index (Phi) is 3.68. The minimum Gasteiger partial charge on any atom is -0.493 e. The quantitative estimate of drug-likeness (QED) is 0.703. The van der Waals surface area contributed by atoms with Gasteiger partial charge in [0.2, 0.25) is 5.95 Å². The Morgan fingerprint density at radius 2 is 2.10 bits per heavy atom. The molecule has 0 atom stereocenters. The average molecular weight is 283 g/mol. The Labute approximate surface area is 122 Å². The molecular weight excluding hydrogens is 266 g/mol. The van der Waals surface area contributed by atoms with Crippen LogP contribution in [0.3, 0.4) is 0 Å². The van der Waals surface area contributed by atoms with Crippen LogP contribution >= 0.6 is 0 Å². The monoisotopic (exact) mass is 283 g/mol. The Bertz CT molecular complexity index is 753. The van der Waals surface area contributed by atoms with Crippen LogP contribution in [0.15, 0.2) is 30.7 Å². The van der Waals surface area contributed by atoms with E-state index in [-0.39, 0.29) is 5.95 Å². The van der Waals surface area contributed by atoms with Gasteiger partial charge in [0.25, 0.3) is 0 Å². The van der Waals surface area contributed by atoms with E-state index in [0.29, 0.717) is 6.61 Å². The lowest BCUT2D eigenvalue weighted by Gasteiger charge is -2.08. The van der Waals surface area contributed by atoms with Crippen LogP contribution in [0, 0.1) is 0 Å². The van der Waals surface area contributed by atoms with Gasteiger partial charge >= 0.3 is 0 Å². The number of aromatic nitrogens is 4. The van der Waals surface area contributed by atoms with Crippen molar-refractivity contribution < 1.29 is 4.74 Å². The summed E-state index contributed by atoms with van der Waals surface area (Å²) in [5, 5.41) is 0.923. The standard InChI is InChI=1S/C15H17N5O/c1-2-3-8-21-12-5-7-17-14-13(12)10(9-19-14)11-4-6-18-15(16)20-11/h4-7,9H,2-3,8H2,1H3,(H,17,19)(H2,16,18,20). The number of hydrogen-bond donors (Lipinski definition) is 2. The van der Waals surface area contributed by atoms with Crippen LogP contribution in [0.25, 0.3) is 22.3 Å². The van der Waals surface area contributed by atoms with E-state index >= 15 is 0 Å². The number of fused-ring (bicyclic) bond motifs is 1. The highest BCUT2D eigenvalue weighted by Crippen LogP contribution is 2.33. The molecule has 0 fully saturated rings. The third-order valence-electron chi connectivity index (χ3n) is 3.24. The summed E-state index contributed by atoms with van der Waals surface area (Å²) in [5.41, 5.74) is 8.11. The van der Waals surface area contributed by atoms with Crippen LogP contribution in [0.5, 0.6) is 5.75 Å². The number of ether oxygens (including phenoxy) is 1. The van der Waals surface area contributed by atoms with Crippen molar-refractivity contribution in [3.63, 3.8) is 0 Å². The summed E-state index contributed by atoms with van der Waals surface area (Å²) in [4.78, 5) is 15.7. The lowest BCUT2D eigenvalue weighted by Crippen LogP contribution is -1.98. The van der Waals surface area contributed by atoms with Crippen molar-refractivity contribution in [3.8, 4) is 17.0 Å². The average Bonchev–Trinajstić information content (AvgIpc) is 2.92. The Hall–Kier alpha value is -2.63. The van der Waals surface area contributed by atoms with Gasteiger partial charge in [-0.25, -0.2) is 15.0 Å². The second-order valence-corrected chi connectivity index (χ2v) is 4.74. The summed E-state index contributed by atoms with van der Waals surface area (Å²) < 4.78 is 5.88. The number of nitrogens with zero attached hydrogens (tertiary/aromatic N) is 3. The van der Waals surface area contributed by atoms with Crippen LogP contribution in [0.2, 0.25) is 0 Å². The molecule has 3 aromatic rings. The zero-order chi connectivity index (χ0) is 14.7. The van der Waals surface area contributed by atoms with Crippen LogP contribution in [0.1, 0.15) is 19.8 Å². The van der Waals surface area contributed by atoms with Crippen LogP contribution in [-0.2, 0) is 0 Å². The number of anilines is 1. The fraction of sp³-hybridized carbons (Fsp3) is 0.267. The van der Waals surface area contributed by atoms with Crippen molar-refractivity contribution >= 4 is 17.0 Å². The Balaban J connectivity index is 2.07. The predicted molar refractivity (Wildman–Crippen MR) is 81.9 cm³/mol. The number of nitrogen functional groups attached to an aromatic ring is 1. The first kappa shape index (κ1) is 13.4. The number of hydrogen-bond acceptors (Lipinski definition) is 5. The van der Waals surface area contributed by atoms with Crippen LogP contribution in [-0.4, -0.2) is 26.5 Å². The van der Waals surface area contributed by atoms with E-state index in [4.69, 9.17) is 10.5 Å². The van der Waals surface area contributed by atoms with Crippen molar-refractivity contribution in [2.75, 3.05) is 12.3 Å². The summed E-state index contributed by atoms with van der Waals surface area (Å²) in [6.07, 6.45) is 7.36. The normalized spacial score (nSPS) is 10.9. The molecule has 6 nitrogen and oxygen atoms in total. The molecule has 0 aliphatic heterocycles. The molecule has 0 aliphatic carbocycles. The molecule has 0 aromatic carbocycles. The van der Waals surface area contributed by atoms with Crippen molar-refractivity contribution in [3.05, 3.63) is 30.7 Å². The van der Waals surface area contributed by atoms with Gasteiger partial charge in [-0.1, -0.05) is 13.3 Å². The molecule has 0 aliphatic rings. The molecule has 3 rings (SSSR count). The van der Waals surface area contributed by atoms with E-state index in [1.807, 2.05) is 18.3 Å². The number of aromatic amines is 1. The molecule has 0 bridgehead atoms. The smallest absolute Gasteiger partial charge is 0.220 e. The summed E-state index contributed by atoms with van der Waals surface area (Å²) in [6, 6.07) is 3.70. The molecule has 6 heteroatoms. The maximum Gasteiger partial charge on any atom is 0.220 e. The number of H-pyrrole nitrogens is 1. The number of nitrogens with two attached hydrogens (primary N) is 1. The van der Waals surface area contributed by atoms with Gasteiger partial charge in [-0.15, -0.1) is 0 Å². The largest absolute Gasteiger partial charge is 0.493 e. The second kappa shape index (κ2) is 5.78. The Morgan fingerprint density at radius 3 is 2.90 bits per heavy atom. The fourth-order valence-corrected chi connectivity index (χ4v) is 2.20. The minimum atomic E-state index is 0.249. The van der Waals surface area contributed by atoms with Gasteiger partial charge in [0, 0.05) is 24.2 Å². The molecule has 21 heavy (non-hydrogen) atoms. The molecule has 0 radical (unpaired) electrons. The first-order valence-electron chi connectivity index (χ1n) is 6.97. The van der Waals surface area contributed by atoms with E-state index in [2.05, 4.69) is 26.9 Å². The number of pyridine rings is 1. The molecule has 0 spiro atoms. The molecule has 0 unspecified atom stereocenters. The van der Waals surface area contributed by atoms with Gasteiger partial charge < -0.3 is 15.5 Å². The first-order valence-corrected chi connectivity index (χ1v) is 6.97. The number of nitrogens with one attached hydrogen (secondary N) is 1. The first-order chi connectivity index (χ1) is 10.3. The highest BCUT2D eigenvalue weighted by Gasteiger charge is 2.13. The molecule has 0 amide bonds. The van der Waals surface area contributed by atoms with Crippen molar-refractivity contribution in [2.45, 2.75) is 19.8 Å². The third-order valence-corrected chi connectivity index (χ3v) is 3.24. The van der Waals surface area contributed by atoms with Gasteiger partial charge in [-0.05, 0) is 18.6 Å². The molecule has 0 saturated carbocycles. The van der Waals surface area contributed by atoms with E-state index < -0.39 is 0 Å². The van der Waals surface area contributed by atoms with Crippen LogP contribution in [0.4, 0.5) is 5.95 Å². The van der Waals surface area contributed by atoms with Gasteiger partial charge in [0.05, 0.1) is 17.7 Å². The lowest BCUT2D eigenvalue weighted by molar-refractivity contribution is 0.313. The number of rotatable bonds is 5. The molecule has 108 valence electrons. The maximum absolute atomic E-state index is 5.88. The highest BCUT2D eigenvalue weighted by molar-refractivity contribution is 5.97. The van der Waals surface area contributed by atoms with E-state index in [9.17, 15) is 0 Å². The van der Waals surface area contributed by atoms with Crippen molar-refractivity contribution in [1.82, 2.24) is 19.9 Å². The zero-order valence-corrected chi connectivity index (χ0v) is 11.8. The zero-order valence-electron chi connectivity index (χ0n) is 11.8. The van der Waals surface area contributed by atoms with Gasteiger partial charge in [0.1, 0.15) is 11.4 Å². The van der Waals surface area contributed by atoms with Gasteiger partial charge in [-0.2, -0.15) is 0 Å². The second-order valence-electron chi connectivity index (χ2n) is 4.74. The number of unbranched alkanes of at least 4 members (excludes halogenated alkanes) is 1. The molecule has 3 aromatic heterocycles. The van der Waals surface area contributed by atoms with Crippen LogP contribution < -0.4 is 10.5 Å². The summed E-state index contributed by atoms with van der Waals surface area (Å²) >= 11 is 0. The summed E-state index contributed by atoms with van der Waals surface area (Å²) in [6.45, 7) is 2.82. The predicted octanol–water partition coefficient (Wildman–Crippen LogP) is 2.78. The SMILES string of the molecule is CCCCOc1ccnc2[nH]cc(-c3ccnc(N)n3)c12. The molecular formula is C15H17N5O. The topological polar surface area (TPSA) is 89.7 Å². The third kappa shape index (κ3) is 2.65. The molecule has 3 heterocycles. The summed E-state index contributed by atoms with van der Waals surface area (Å²) in [5.74, 6) is 1.06. The van der Waals surface area contributed by atoms with Gasteiger partial charge in [-0.3, -0.25) is 0 Å².